The molecule has 0 fully saturated rings. The molecule has 0 saturated carbocycles. The van der Waals surface area contributed by atoms with Crippen molar-refractivity contribution in [3.63, 3.8) is 0 Å². The standard InChI is InChI=1S/C12H17BrFNO/c1-2-15(6-3-7-16)9-10-4-5-12(14)11(13)8-10/h4-5,8,16H,2-3,6-7,9H2,1H3. The Morgan fingerprint density at radius 2 is 2.19 bits per heavy atom. The predicted octanol–water partition coefficient (Wildman–Crippen LogP) is 2.79. The van der Waals surface area contributed by atoms with Crippen LogP contribution >= 0.6 is 15.9 Å². The van der Waals surface area contributed by atoms with E-state index in [0.29, 0.717) is 4.47 Å². The third kappa shape index (κ3) is 4.20. The number of benzene rings is 1. The van der Waals surface area contributed by atoms with Gasteiger partial charge in [-0.3, -0.25) is 4.90 Å². The van der Waals surface area contributed by atoms with Crippen LogP contribution in [0.5, 0.6) is 0 Å². The maximum atomic E-state index is 13.0. The van der Waals surface area contributed by atoms with Crippen LogP contribution in [0.25, 0.3) is 0 Å². The lowest BCUT2D eigenvalue weighted by Gasteiger charge is -2.20. The van der Waals surface area contributed by atoms with Gasteiger partial charge in [-0.15, -0.1) is 0 Å². The van der Waals surface area contributed by atoms with Crippen LogP contribution in [0, 0.1) is 5.82 Å². The fourth-order valence-electron chi connectivity index (χ4n) is 1.54. The topological polar surface area (TPSA) is 23.5 Å². The predicted molar refractivity (Wildman–Crippen MR) is 66.8 cm³/mol. The van der Waals surface area contributed by atoms with Gasteiger partial charge in [-0.2, -0.15) is 0 Å². The number of aliphatic hydroxyl groups is 1. The monoisotopic (exact) mass is 289 g/mol. The first-order chi connectivity index (χ1) is 7.67. The van der Waals surface area contributed by atoms with Crippen molar-refractivity contribution in [2.75, 3.05) is 19.7 Å². The van der Waals surface area contributed by atoms with Gasteiger partial charge >= 0.3 is 0 Å². The summed E-state index contributed by atoms with van der Waals surface area (Å²) in [6.45, 7) is 4.87. The van der Waals surface area contributed by atoms with E-state index in [1.54, 1.807) is 12.1 Å². The number of hydrogen-bond acceptors (Lipinski definition) is 2. The first kappa shape index (κ1) is 13.6. The highest BCUT2D eigenvalue weighted by Crippen LogP contribution is 2.17. The van der Waals surface area contributed by atoms with Crippen molar-refractivity contribution < 1.29 is 9.50 Å². The zero-order valence-corrected chi connectivity index (χ0v) is 11.0. The second-order valence-electron chi connectivity index (χ2n) is 3.69. The Labute approximate surface area is 104 Å². The maximum absolute atomic E-state index is 13.0. The van der Waals surface area contributed by atoms with Crippen LogP contribution in [0.2, 0.25) is 0 Å². The Hall–Kier alpha value is -0.450. The first-order valence-electron chi connectivity index (χ1n) is 5.44. The Kier molecular flexibility index (Phi) is 5.95. The number of aliphatic hydroxyl groups excluding tert-OH is 1. The summed E-state index contributed by atoms with van der Waals surface area (Å²) in [7, 11) is 0. The van der Waals surface area contributed by atoms with Crippen LogP contribution in [0.15, 0.2) is 22.7 Å². The SMILES string of the molecule is CCN(CCCO)Cc1ccc(F)c(Br)c1. The summed E-state index contributed by atoms with van der Waals surface area (Å²) >= 11 is 3.18. The van der Waals surface area contributed by atoms with E-state index in [-0.39, 0.29) is 12.4 Å². The molecule has 90 valence electrons. The van der Waals surface area contributed by atoms with Gasteiger partial charge in [0.1, 0.15) is 5.82 Å². The van der Waals surface area contributed by atoms with Gasteiger partial charge in [0.15, 0.2) is 0 Å². The Balaban J connectivity index is 2.59. The van der Waals surface area contributed by atoms with E-state index in [9.17, 15) is 4.39 Å². The number of halogens is 2. The average Bonchev–Trinajstić information content (AvgIpc) is 2.29. The quantitative estimate of drug-likeness (QED) is 0.871. The molecule has 0 aromatic heterocycles. The van der Waals surface area contributed by atoms with Gasteiger partial charge in [0, 0.05) is 19.7 Å². The van der Waals surface area contributed by atoms with E-state index in [4.69, 9.17) is 5.11 Å². The average molecular weight is 290 g/mol. The molecule has 16 heavy (non-hydrogen) atoms. The number of rotatable bonds is 6. The highest BCUT2D eigenvalue weighted by atomic mass is 79.9. The maximum Gasteiger partial charge on any atom is 0.137 e. The second kappa shape index (κ2) is 6.99. The molecule has 1 aromatic carbocycles. The number of hydrogen-bond donors (Lipinski definition) is 1. The zero-order valence-electron chi connectivity index (χ0n) is 9.42. The second-order valence-corrected chi connectivity index (χ2v) is 4.55. The molecular weight excluding hydrogens is 273 g/mol. The lowest BCUT2D eigenvalue weighted by Crippen LogP contribution is -2.24. The van der Waals surface area contributed by atoms with Crippen LogP contribution in [-0.2, 0) is 6.54 Å². The molecule has 0 spiro atoms. The van der Waals surface area contributed by atoms with Crippen LogP contribution in [0.1, 0.15) is 18.9 Å². The molecule has 2 nitrogen and oxygen atoms in total. The molecular formula is C12H17BrFNO. The molecule has 0 heterocycles. The number of nitrogens with zero attached hydrogens (tertiary/aromatic N) is 1. The summed E-state index contributed by atoms with van der Waals surface area (Å²) in [6, 6.07) is 5.07. The Morgan fingerprint density at radius 3 is 2.75 bits per heavy atom. The fraction of sp³-hybridized carbons (Fsp3) is 0.500. The molecule has 0 amide bonds. The summed E-state index contributed by atoms with van der Waals surface area (Å²) < 4.78 is 13.5. The molecule has 0 atom stereocenters. The fourth-order valence-corrected chi connectivity index (χ4v) is 1.97. The summed E-state index contributed by atoms with van der Waals surface area (Å²) in [4.78, 5) is 2.22. The first-order valence-corrected chi connectivity index (χ1v) is 6.23. The minimum Gasteiger partial charge on any atom is -0.396 e. The molecule has 0 bridgehead atoms. The third-order valence-electron chi connectivity index (χ3n) is 2.47. The summed E-state index contributed by atoms with van der Waals surface area (Å²) in [5.41, 5.74) is 1.08. The van der Waals surface area contributed by atoms with Crippen LogP contribution in [0.3, 0.4) is 0 Å². The van der Waals surface area contributed by atoms with Crippen molar-refractivity contribution in [3.8, 4) is 0 Å². The molecule has 1 rings (SSSR count). The van der Waals surface area contributed by atoms with Crippen molar-refractivity contribution >= 4 is 15.9 Å². The van der Waals surface area contributed by atoms with E-state index >= 15 is 0 Å². The van der Waals surface area contributed by atoms with Gasteiger partial charge in [-0.1, -0.05) is 13.0 Å². The van der Waals surface area contributed by atoms with Gasteiger partial charge < -0.3 is 5.11 Å². The van der Waals surface area contributed by atoms with Crippen molar-refractivity contribution in [2.45, 2.75) is 19.9 Å². The molecule has 0 radical (unpaired) electrons. The van der Waals surface area contributed by atoms with E-state index in [2.05, 4.69) is 27.8 Å². The zero-order chi connectivity index (χ0) is 12.0. The van der Waals surface area contributed by atoms with Crippen LogP contribution < -0.4 is 0 Å². The smallest absolute Gasteiger partial charge is 0.137 e. The van der Waals surface area contributed by atoms with Crippen LogP contribution in [-0.4, -0.2) is 29.7 Å². The van der Waals surface area contributed by atoms with Crippen molar-refractivity contribution in [3.05, 3.63) is 34.1 Å². The lowest BCUT2D eigenvalue weighted by atomic mass is 10.2. The van der Waals surface area contributed by atoms with Gasteiger partial charge in [-0.05, 0) is 46.6 Å². The third-order valence-corrected chi connectivity index (χ3v) is 3.08. The highest BCUT2D eigenvalue weighted by molar-refractivity contribution is 9.10. The van der Waals surface area contributed by atoms with Gasteiger partial charge in [-0.25, -0.2) is 4.39 Å². The molecule has 0 aliphatic carbocycles. The van der Waals surface area contributed by atoms with Crippen LogP contribution in [0.4, 0.5) is 4.39 Å². The van der Waals surface area contributed by atoms with E-state index in [1.807, 2.05) is 0 Å². The van der Waals surface area contributed by atoms with Gasteiger partial charge in [0.05, 0.1) is 4.47 Å². The van der Waals surface area contributed by atoms with E-state index in [1.165, 1.54) is 6.07 Å². The molecule has 1 N–H and O–H groups in total. The summed E-state index contributed by atoms with van der Waals surface area (Å²) in [5.74, 6) is -0.234. The largest absolute Gasteiger partial charge is 0.396 e. The molecule has 0 unspecified atom stereocenters. The minimum absolute atomic E-state index is 0.212. The van der Waals surface area contributed by atoms with E-state index in [0.717, 1.165) is 31.6 Å². The van der Waals surface area contributed by atoms with E-state index < -0.39 is 0 Å². The normalized spacial score (nSPS) is 11.1. The molecule has 0 saturated heterocycles. The van der Waals surface area contributed by atoms with Gasteiger partial charge in [0.25, 0.3) is 0 Å². The Bertz CT molecular complexity index is 333. The van der Waals surface area contributed by atoms with Crippen molar-refractivity contribution in [2.24, 2.45) is 0 Å². The Morgan fingerprint density at radius 1 is 1.44 bits per heavy atom. The van der Waals surface area contributed by atoms with Crippen molar-refractivity contribution in [1.82, 2.24) is 4.90 Å². The van der Waals surface area contributed by atoms with Gasteiger partial charge in [0.2, 0.25) is 0 Å². The molecule has 4 heteroatoms. The minimum atomic E-state index is -0.234. The molecule has 0 aliphatic heterocycles. The lowest BCUT2D eigenvalue weighted by molar-refractivity contribution is 0.225. The highest BCUT2D eigenvalue weighted by Gasteiger charge is 2.05. The van der Waals surface area contributed by atoms with Crippen molar-refractivity contribution in [1.29, 1.82) is 0 Å². The molecule has 1 aromatic rings. The summed E-state index contributed by atoms with van der Waals surface area (Å²) in [5, 5.41) is 8.77. The molecule has 0 aliphatic rings. The summed E-state index contributed by atoms with van der Waals surface area (Å²) in [6.07, 6.45) is 0.774.